The van der Waals surface area contributed by atoms with Crippen LogP contribution in [0, 0.1) is 0 Å². The molecule has 3 rings (SSSR count). The summed E-state index contributed by atoms with van der Waals surface area (Å²) in [5.74, 6) is 0.0923. The maximum absolute atomic E-state index is 12.2. The Morgan fingerprint density at radius 3 is 2.73 bits per heavy atom. The van der Waals surface area contributed by atoms with Crippen molar-refractivity contribution < 1.29 is 12.6 Å². The molecule has 11 heteroatoms. The Bertz CT molecular complexity index is 906. The van der Waals surface area contributed by atoms with E-state index in [1.54, 1.807) is 19.2 Å². The Morgan fingerprint density at radius 2 is 2.09 bits per heavy atom. The van der Waals surface area contributed by atoms with Crippen molar-refractivity contribution in [2.75, 3.05) is 0 Å². The molecule has 2 aromatic heterocycles. The molecule has 114 valence electrons. The minimum Gasteiger partial charge on any atom is -0.378 e. The standard InChI is InChI=1S/C11H9ClN6O3S/c1-17-6-13-11(10(17)12)22(19,20)21-9-4-2-3-8(5-9)18-7-14-15-16-18/h2-7H,1H3. The molecule has 3 aromatic rings. The lowest BCUT2D eigenvalue weighted by Gasteiger charge is -2.07. The van der Waals surface area contributed by atoms with Crippen LogP contribution in [0.15, 0.2) is 41.9 Å². The van der Waals surface area contributed by atoms with Crippen LogP contribution in [0.4, 0.5) is 0 Å². The summed E-state index contributed by atoms with van der Waals surface area (Å²) in [5.41, 5.74) is 0.546. The minimum absolute atomic E-state index is 0.0309. The molecule has 9 nitrogen and oxygen atoms in total. The van der Waals surface area contributed by atoms with Crippen molar-refractivity contribution in [3.63, 3.8) is 0 Å². The van der Waals surface area contributed by atoms with Crippen molar-refractivity contribution in [3.8, 4) is 11.4 Å². The summed E-state index contributed by atoms with van der Waals surface area (Å²) in [5, 5.41) is 10.4. The van der Waals surface area contributed by atoms with Crippen LogP contribution in [0.25, 0.3) is 5.69 Å². The first-order valence-corrected chi connectivity index (χ1v) is 7.71. The molecule has 0 spiro atoms. The molecule has 0 unspecified atom stereocenters. The molecule has 0 radical (unpaired) electrons. The van der Waals surface area contributed by atoms with Crippen LogP contribution in [0.1, 0.15) is 0 Å². The number of hydrogen-bond acceptors (Lipinski definition) is 7. The van der Waals surface area contributed by atoms with Crippen LogP contribution in [0.3, 0.4) is 0 Å². The largest absolute Gasteiger partial charge is 0.378 e. The summed E-state index contributed by atoms with van der Waals surface area (Å²) in [6, 6.07) is 6.28. The lowest BCUT2D eigenvalue weighted by atomic mass is 10.3. The summed E-state index contributed by atoms with van der Waals surface area (Å²) < 4.78 is 32.2. The SMILES string of the molecule is Cn1cnc(S(=O)(=O)Oc2cccc(-n3cnnn3)c2)c1Cl. The van der Waals surface area contributed by atoms with Crippen LogP contribution in [-0.4, -0.2) is 38.2 Å². The molecular formula is C11H9ClN6O3S. The second-order valence-electron chi connectivity index (χ2n) is 4.24. The second-order valence-corrected chi connectivity index (χ2v) is 6.06. The molecule has 0 atom stereocenters. The average molecular weight is 341 g/mol. The number of aryl methyl sites for hydroxylation is 1. The summed E-state index contributed by atoms with van der Waals surface area (Å²) in [6.45, 7) is 0. The predicted octanol–water partition coefficient (Wildman–Crippen LogP) is 0.817. The van der Waals surface area contributed by atoms with Gasteiger partial charge in [-0.15, -0.1) is 5.10 Å². The van der Waals surface area contributed by atoms with E-state index in [-0.39, 0.29) is 15.9 Å². The highest BCUT2D eigenvalue weighted by atomic mass is 35.5. The molecule has 0 aliphatic heterocycles. The fourth-order valence-corrected chi connectivity index (χ4v) is 3.02. The first-order chi connectivity index (χ1) is 10.5. The maximum atomic E-state index is 12.2. The van der Waals surface area contributed by atoms with Gasteiger partial charge in [0.25, 0.3) is 0 Å². The second kappa shape index (κ2) is 5.39. The van der Waals surface area contributed by atoms with E-state index in [4.69, 9.17) is 15.8 Å². The summed E-state index contributed by atoms with van der Waals surface area (Å²) in [4.78, 5) is 3.74. The zero-order chi connectivity index (χ0) is 15.7. The van der Waals surface area contributed by atoms with Gasteiger partial charge in [0.15, 0.2) is 5.15 Å². The number of rotatable bonds is 4. The van der Waals surface area contributed by atoms with E-state index in [0.29, 0.717) is 5.69 Å². The van der Waals surface area contributed by atoms with Gasteiger partial charge < -0.3 is 8.75 Å². The molecule has 0 bridgehead atoms. The highest BCUT2D eigenvalue weighted by Gasteiger charge is 2.24. The van der Waals surface area contributed by atoms with Crippen molar-refractivity contribution >= 4 is 21.7 Å². The van der Waals surface area contributed by atoms with Crippen LogP contribution < -0.4 is 4.18 Å². The Labute approximate surface area is 130 Å². The van der Waals surface area contributed by atoms with Gasteiger partial charge >= 0.3 is 10.1 Å². The third-order valence-corrected chi connectivity index (χ3v) is 4.45. The number of aromatic nitrogens is 6. The number of benzene rings is 1. The summed E-state index contributed by atoms with van der Waals surface area (Å²) in [7, 11) is -2.56. The van der Waals surface area contributed by atoms with Crippen LogP contribution >= 0.6 is 11.6 Å². The zero-order valence-corrected chi connectivity index (χ0v) is 12.7. The zero-order valence-electron chi connectivity index (χ0n) is 11.2. The minimum atomic E-state index is -4.13. The van der Waals surface area contributed by atoms with Gasteiger partial charge in [0.05, 0.1) is 12.0 Å². The van der Waals surface area contributed by atoms with Crippen molar-refractivity contribution in [3.05, 3.63) is 42.1 Å². The highest BCUT2D eigenvalue weighted by Crippen LogP contribution is 2.24. The smallest absolute Gasteiger partial charge is 0.360 e. The van der Waals surface area contributed by atoms with Gasteiger partial charge in [-0.2, -0.15) is 8.42 Å². The van der Waals surface area contributed by atoms with E-state index in [1.165, 1.54) is 34.0 Å². The number of nitrogens with zero attached hydrogens (tertiary/aromatic N) is 6. The third-order valence-electron chi connectivity index (χ3n) is 2.71. The van der Waals surface area contributed by atoms with E-state index in [0.717, 1.165) is 0 Å². The van der Waals surface area contributed by atoms with Crippen LogP contribution in [0.5, 0.6) is 5.75 Å². The fourth-order valence-electron chi connectivity index (χ4n) is 1.69. The molecular weight excluding hydrogens is 332 g/mol. The molecule has 0 saturated heterocycles. The van der Waals surface area contributed by atoms with E-state index in [2.05, 4.69) is 20.5 Å². The first kappa shape index (κ1) is 14.5. The Hall–Kier alpha value is -2.46. The number of imidazole rings is 1. The van der Waals surface area contributed by atoms with E-state index >= 15 is 0 Å². The van der Waals surface area contributed by atoms with Crippen molar-refractivity contribution in [1.29, 1.82) is 0 Å². The van der Waals surface area contributed by atoms with Gasteiger partial charge in [-0.25, -0.2) is 9.67 Å². The molecule has 1 aromatic carbocycles. The third kappa shape index (κ3) is 2.65. The van der Waals surface area contributed by atoms with Gasteiger partial charge in [0.1, 0.15) is 12.1 Å². The summed E-state index contributed by atoms with van der Waals surface area (Å²) >= 11 is 5.88. The Kier molecular flexibility index (Phi) is 3.54. The quantitative estimate of drug-likeness (QED) is 0.647. The van der Waals surface area contributed by atoms with Gasteiger partial charge in [-0.3, -0.25) is 0 Å². The first-order valence-electron chi connectivity index (χ1n) is 5.92. The molecule has 22 heavy (non-hydrogen) atoms. The normalized spacial score (nSPS) is 11.5. The van der Waals surface area contributed by atoms with Gasteiger partial charge in [0, 0.05) is 13.1 Å². The van der Waals surface area contributed by atoms with Crippen LogP contribution in [-0.2, 0) is 17.2 Å². The monoisotopic (exact) mass is 340 g/mol. The lowest BCUT2D eigenvalue weighted by molar-refractivity contribution is 0.482. The van der Waals surface area contributed by atoms with Crippen molar-refractivity contribution in [2.24, 2.45) is 7.05 Å². The van der Waals surface area contributed by atoms with Crippen molar-refractivity contribution in [2.45, 2.75) is 5.03 Å². The number of halogens is 1. The van der Waals surface area contributed by atoms with Crippen LogP contribution in [0.2, 0.25) is 5.15 Å². The average Bonchev–Trinajstić information content (AvgIpc) is 3.10. The highest BCUT2D eigenvalue weighted by molar-refractivity contribution is 7.87. The molecule has 0 saturated carbocycles. The maximum Gasteiger partial charge on any atom is 0.360 e. The number of hydrogen-bond donors (Lipinski definition) is 0. The topological polar surface area (TPSA) is 105 Å². The Morgan fingerprint density at radius 1 is 1.27 bits per heavy atom. The van der Waals surface area contributed by atoms with E-state index in [1.807, 2.05) is 0 Å². The summed E-state index contributed by atoms with van der Waals surface area (Å²) in [6.07, 6.45) is 2.67. The molecule has 0 aliphatic carbocycles. The van der Waals surface area contributed by atoms with Gasteiger partial charge in [0.2, 0.25) is 5.03 Å². The molecule has 0 fully saturated rings. The van der Waals surface area contributed by atoms with E-state index in [9.17, 15) is 8.42 Å². The fraction of sp³-hybridized carbons (Fsp3) is 0.0909. The molecule has 0 N–H and O–H groups in total. The van der Waals surface area contributed by atoms with E-state index < -0.39 is 10.1 Å². The Balaban J connectivity index is 1.93. The molecule has 2 heterocycles. The predicted molar refractivity (Wildman–Crippen MR) is 75.2 cm³/mol. The molecule has 0 aliphatic rings. The number of tetrazole rings is 1. The van der Waals surface area contributed by atoms with Crippen molar-refractivity contribution in [1.82, 2.24) is 29.8 Å². The van der Waals surface area contributed by atoms with Gasteiger partial charge in [-0.1, -0.05) is 17.7 Å². The molecule has 0 amide bonds. The lowest BCUT2D eigenvalue weighted by Crippen LogP contribution is -2.11. The van der Waals surface area contributed by atoms with Gasteiger partial charge in [-0.05, 0) is 22.6 Å².